The van der Waals surface area contributed by atoms with Gasteiger partial charge in [-0.25, -0.2) is 0 Å². The molecule has 4 heteroatoms. The van der Waals surface area contributed by atoms with Gasteiger partial charge < -0.3 is 14.6 Å². The third-order valence-corrected chi connectivity index (χ3v) is 8.14. The molecule has 0 amide bonds. The molecule has 0 heterocycles. The first-order valence-corrected chi connectivity index (χ1v) is 19.4. The van der Waals surface area contributed by atoms with Gasteiger partial charge in [0.1, 0.15) is 6.10 Å². The summed E-state index contributed by atoms with van der Waals surface area (Å²) in [6.07, 6.45) is 51.5. The van der Waals surface area contributed by atoms with Crippen LogP contribution in [0.1, 0.15) is 174 Å². The highest BCUT2D eigenvalue weighted by atomic mass is 16.6. The number of aliphatic hydroxyl groups excluding tert-OH is 1. The maximum Gasteiger partial charge on any atom is 0.310 e. The quantitative estimate of drug-likeness (QED) is 0.0424. The number of carbonyl (C=O) groups excluding carboxylic acids is 1. The number of rotatable bonds is 35. The molecule has 0 aromatic carbocycles. The van der Waals surface area contributed by atoms with Gasteiger partial charge in [-0.05, 0) is 38.5 Å². The smallest absolute Gasteiger partial charge is 0.310 e. The SMILES string of the molecule is CC/C=C\C/C=C\C/C=C\C/C=C\C/C=C\CC(=O)OC(CO)COCCCCCCCCCCCCCCCCCCCCC. The molecule has 0 bridgehead atoms. The lowest BCUT2D eigenvalue weighted by Crippen LogP contribution is -2.27. The Kier molecular flexibility index (Phi) is 37.6. The molecule has 0 aliphatic heterocycles. The molecule has 0 aliphatic rings. The summed E-state index contributed by atoms with van der Waals surface area (Å²) in [7, 11) is 0. The van der Waals surface area contributed by atoms with Crippen molar-refractivity contribution in [3.8, 4) is 0 Å². The lowest BCUT2D eigenvalue weighted by molar-refractivity contribution is -0.153. The Morgan fingerprint density at radius 3 is 1.28 bits per heavy atom. The van der Waals surface area contributed by atoms with Crippen molar-refractivity contribution in [2.75, 3.05) is 19.8 Å². The maximum atomic E-state index is 12.1. The van der Waals surface area contributed by atoms with Crippen LogP contribution in [-0.4, -0.2) is 37.0 Å². The average molecular weight is 643 g/mol. The van der Waals surface area contributed by atoms with Crippen molar-refractivity contribution >= 4 is 5.97 Å². The molecule has 266 valence electrons. The number of allylic oxidation sites excluding steroid dienone is 9. The Labute approximate surface area is 285 Å². The first-order valence-electron chi connectivity index (χ1n) is 19.4. The van der Waals surface area contributed by atoms with E-state index in [1.807, 2.05) is 12.2 Å². The van der Waals surface area contributed by atoms with Gasteiger partial charge in [0.05, 0.1) is 19.6 Å². The Hall–Kier alpha value is -1.91. The fourth-order valence-corrected chi connectivity index (χ4v) is 5.29. The maximum absolute atomic E-state index is 12.1. The second-order valence-electron chi connectivity index (χ2n) is 12.6. The van der Waals surface area contributed by atoms with E-state index in [4.69, 9.17) is 9.47 Å². The summed E-state index contributed by atoms with van der Waals surface area (Å²) in [5.41, 5.74) is 0. The number of ether oxygens (including phenoxy) is 2. The van der Waals surface area contributed by atoms with Gasteiger partial charge in [-0.15, -0.1) is 0 Å². The lowest BCUT2D eigenvalue weighted by atomic mass is 10.0. The molecule has 0 aromatic heterocycles. The molecule has 1 atom stereocenters. The fraction of sp³-hybridized carbons (Fsp3) is 0.738. The topological polar surface area (TPSA) is 55.8 Å². The number of hydrogen-bond acceptors (Lipinski definition) is 4. The van der Waals surface area contributed by atoms with E-state index >= 15 is 0 Å². The normalized spacial score (nSPS) is 13.0. The van der Waals surface area contributed by atoms with E-state index < -0.39 is 6.10 Å². The van der Waals surface area contributed by atoms with Crippen molar-refractivity contribution in [2.24, 2.45) is 0 Å². The Bertz CT molecular complexity index is 764. The summed E-state index contributed by atoms with van der Waals surface area (Å²) in [4.78, 5) is 12.1. The molecular weight excluding hydrogens is 568 g/mol. The molecule has 0 aliphatic carbocycles. The van der Waals surface area contributed by atoms with Gasteiger partial charge in [-0.3, -0.25) is 4.79 Å². The minimum atomic E-state index is -0.587. The summed E-state index contributed by atoms with van der Waals surface area (Å²) < 4.78 is 11.0. The van der Waals surface area contributed by atoms with Gasteiger partial charge >= 0.3 is 5.97 Å². The van der Waals surface area contributed by atoms with Gasteiger partial charge in [-0.2, -0.15) is 0 Å². The summed E-state index contributed by atoms with van der Waals surface area (Å²) in [6, 6.07) is 0. The second kappa shape index (κ2) is 39.3. The Morgan fingerprint density at radius 2 is 0.891 bits per heavy atom. The van der Waals surface area contributed by atoms with Crippen molar-refractivity contribution in [3.63, 3.8) is 0 Å². The minimum absolute atomic E-state index is 0.212. The average Bonchev–Trinajstić information content (AvgIpc) is 3.06. The van der Waals surface area contributed by atoms with Gasteiger partial charge in [0.15, 0.2) is 0 Å². The molecule has 0 saturated heterocycles. The van der Waals surface area contributed by atoms with E-state index in [0.29, 0.717) is 6.61 Å². The van der Waals surface area contributed by atoms with Gasteiger partial charge in [0.25, 0.3) is 0 Å². The third kappa shape index (κ3) is 36.6. The van der Waals surface area contributed by atoms with Crippen LogP contribution in [-0.2, 0) is 14.3 Å². The number of aliphatic hydroxyl groups is 1. The zero-order valence-corrected chi connectivity index (χ0v) is 30.3. The highest BCUT2D eigenvalue weighted by Gasteiger charge is 2.12. The largest absolute Gasteiger partial charge is 0.457 e. The van der Waals surface area contributed by atoms with E-state index in [9.17, 15) is 9.90 Å². The molecule has 46 heavy (non-hydrogen) atoms. The molecule has 0 radical (unpaired) electrons. The van der Waals surface area contributed by atoms with Crippen LogP contribution >= 0.6 is 0 Å². The molecule has 0 rings (SSSR count). The van der Waals surface area contributed by atoms with Crippen molar-refractivity contribution in [3.05, 3.63) is 60.8 Å². The van der Waals surface area contributed by atoms with Gasteiger partial charge in [0.2, 0.25) is 0 Å². The summed E-state index contributed by atoms with van der Waals surface area (Å²) in [5.74, 6) is -0.326. The zero-order chi connectivity index (χ0) is 33.4. The van der Waals surface area contributed by atoms with E-state index in [-0.39, 0.29) is 25.6 Å². The molecule has 0 aromatic rings. The predicted molar refractivity (Wildman–Crippen MR) is 200 cm³/mol. The number of unbranched alkanes of at least 4 members (excludes halogenated alkanes) is 18. The van der Waals surface area contributed by atoms with Crippen LogP contribution in [0.5, 0.6) is 0 Å². The standard InChI is InChI=1S/C42H74O4/c1-3-5-7-9-11-13-15-17-19-20-21-22-24-26-28-30-32-34-36-38-45-40-41(39-43)46-42(44)37-35-33-31-29-27-25-23-18-16-14-12-10-8-6-4-2/h6,8,12,14,18,23,27,29,33,35,41,43H,3-5,7,9-11,13,15-17,19-22,24-26,28,30-32,34,36-40H2,1-2H3/b8-6-,14-12-,23-18-,29-27-,35-33-. The first kappa shape index (κ1) is 44.1. The predicted octanol–water partition coefficient (Wildman–Crippen LogP) is 12.5. The van der Waals surface area contributed by atoms with E-state index in [1.165, 1.54) is 116 Å². The van der Waals surface area contributed by atoms with Gasteiger partial charge in [0, 0.05) is 6.61 Å². The molecule has 0 spiro atoms. The van der Waals surface area contributed by atoms with Crippen molar-refractivity contribution in [1.82, 2.24) is 0 Å². The molecule has 0 saturated carbocycles. The van der Waals surface area contributed by atoms with Crippen molar-refractivity contribution < 1.29 is 19.4 Å². The summed E-state index contributed by atoms with van der Waals surface area (Å²) >= 11 is 0. The van der Waals surface area contributed by atoms with Crippen LogP contribution in [0.15, 0.2) is 60.8 Å². The number of carbonyl (C=O) groups is 1. The highest BCUT2D eigenvalue weighted by molar-refractivity contribution is 5.71. The van der Waals surface area contributed by atoms with E-state index in [1.54, 1.807) is 0 Å². The van der Waals surface area contributed by atoms with E-state index in [0.717, 1.165) is 38.5 Å². The first-order chi connectivity index (χ1) is 22.7. The van der Waals surface area contributed by atoms with Crippen molar-refractivity contribution in [1.29, 1.82) is 0 Å². The Balaban J connectivity index is 3.53. The molecule has 1 unspecified atom stereocenters. The second-order valence-corrected chi connectivity index (χ2v) is 12.6. The molecule has 4 nitrogen and oxygen atoms in total. The van der Waals surface area contributed by atoms with Gasteiger partial charge in [-0.1, -0.05) is 190 Å². The lowest BCUT2D eigenvalue weighted by Gasteiger charge is -2.15. The summed E-state index contributed by atoms with van der Waals surface area (Å²) in [6.45, 7) is 5.13. The van der Waals surface area contributed by atoms with Crippen LogP contribution in [0.4, 0.5) is 0 Å². The zero-order valence-electron chi connectivity index (χ0n) is 30.3. The molecule has 1 N–H and O–H groups in total. The van der Waals surface area contributed by atoms with Crippen LogP contribution in [0.25, 0.3) is 0 Å². The fourth-order valence-electron chi connectivity index (χ4n) is 5.29. The van der Waals surface area contributed by atoms with Crippen LogP contribution in [0.2, 0.25) is 0 Å². The van der Waals surface area contributed by atoms with Crippen molar-refractivity contribution in [2.45, 2.75) is 180 Å². The number of hydrogen-bond donors (Lipinski definition) is 1. The summed E-state index contributed by atoms with van der Waals surface area (Å²) in [5, 5.41) is 9.55. The Morgan fingerprint density at radius 1 is 0.522 bits per heavy atom. The molecule has 0 fully saturated rings. The monoisotopic (exact) mass is 643 g/mol. The molecular formula is C42H74O4. The number of esters is 1. The highest BCUT2D eigenvalue weighted by Crippen LogP contribution is 2.14. The van der Waals surface area contributed by atoms with Crippen LogP contribution in [0.3, 0.4) is 0 Å². The van der Waals surface area contributed by atoms with Crippen LogP contribution < -0.4 is 0 Å². The third-order valence-electron chi connectivity index (χ3n) is 8.14. The van der Waals surface area contributed by atoms with Crippen LogP contribution in [0, 0.1) is 0 Å². The van der Waals surface area contributed by atoms with E-state index in [2.05, 4.69) is 62.5 Å². The minimum Gasteiger partial charge on any atom is -0.457 e.